The van der Waals surface area contributed by atoms with Gasteiger partial charge in [-0.05, 0) is 38.3 Å². The Bertz CT molecular complexity index is 482. The third kappa shape index (κ3) is 3.33. The van der Waals surface area contributed by atoms with E-state index >= 15 is 0 Å². The smallest absolute Gasteiger partial charge is 0.159 e. The highest BCUT2D eigenvalue weighted by Crippen LogP contribution is 2.40. The average molecular weight is 277 g/mol. The molecule has 0 N–H and O–H groups in total. The van der Waals surface area contributed by atoms with E-state index in [2.05, 4.69) is 39.5 Å². The molecule has 0 atom stereocenters. The molecule has 20 heavy (non-hydrogen) atoms. The van der Waals surface area contributed by atoms with Crippen LogP contribution < -0.4 is 9.64 Å². The topological polar surface area (TPSA) is 29.5 Å². The molecule has 0 spiro atoms. The Morgan fingerprint density at radius 2 is 1.75 bits per heavy atom. The fourth-order valence-corrected chi connectivity index (χ4v) is 2.39. The van der Waals surface area contributed by atoms with E-state index in [-0.39, 0.29) is 11.2 Å². The molecule has 0 aliphatic carbocycles. The second kappa shape index (κ2) is 6.29. The predicted octanol–water partition coefficient (Wildman–Crippen LogP) is 4.04. The maximum atomic E-state index is 11.8. The molecule has 0 heterocycles. The van der Waals surface area contributed by atoms with Crippen molar-refractivity contribution in [1.29, 1.82) is 0 Å². The van der Waals surface area contributed by atoms with Crippen molar-refractivity contribution in [3.8, 4) is 5.75 Å². The molecule has 0 aliphatic rings. The fraction of sp³-hybridized carbons (Fsp3) is 0.588. The standard InChI is InChI=1S/C17H27NO2/c1-8-18(9-2)15-11-13(12(3)19)10-14(16(15)20-7)17(4,5)6/h10-11H,8-9H2,1-7H3. The van der Waals surface area contributed by atoms with Gasteiger partial charge in [0.05, 0.1) is 12.8 Å². The highest BCUT2D eigenvalue weighted by atomic mass is 16.5. The summed E-state index contributed by atoms with van der Waals surface area (Å²) < 4.78 is 5.67. The summed E-state index contributed by atoms with van der Waals surface area (Å²) in [4.78, 5) is 14.0. The molecule has 0 bridgehead atoms. The Labute approximate surface area is 122 Å². The number of ether oxygens (including phenoxy) is 1. The van der Waals surface area contributed by atoms with Crippen LogP contribution in [0.3, 0.4) is 0 Å². The molecule has 0 aromatic heterocycles. The van der Waals surface area contributed by atoms with E-state index in [0.29, 0.717) is 0 Å². The van der Waals surface area contributed by atoms with Gasteiger partial charge in [0.2, 0.25) is 0 Å². The first-order chi connectivity index (χ1) is 9.26. The normalized spacial score (nSPS) is 11.3. The number of methoxy groups -OCH3 is 1. The minimum Gasteiger partial charge on any atom is -0.494 e. The van der Waals surface area contributed by atoms with Crippen molar-refractivity contribution in [3.05, 3.63) is 23.3 Å². The van der Waals surface area contributed by atoms with Gasteiger partial charge < -0.3 is 9.64 Å². The lowest BCUT2D eigenvalue weighted by Gasteiger charge is -2.29. The van der Waals surface area contributed by atoms with Gasteiger partial charge in [-0.2, -0.15) is 0 Å². The van der Waals surface area contributed by atoms with Crippen LogP contribution >= 0.6 is 0 Å². The number of benzene rings is 1. The quantitative estimate of drug-likeness (QED) is 0.761. The van der Waals surface area contributed by atoms with E-state index < -0.39 is 0 Å². The van der Waals surface area contributed by atoms with Crippen LogP contribution in [0, 0.1) is 0 Å². The van der Waals surface area contributed by atoms with Crippen LogP contribution in [0.5, 0.6) is 5.75 Å². The summed E-state index contributed by atoms with van der Waals surface area (Å²) in [5, 5.41) is 0. The third-order valence-corrected chi connectivity index (χ3v) is 3.59. The lowest BCUT2D eigenvalue weighted by Crippen LogP contribution is -2.24. The molecule has 0 saturated carbocycles. The predicted molar refractivity (Wildman–Crippen MR) is 85.3 cm³/mol. The van der Waals surface area contributed by atoms with Gasteiger partial charge in [0.25, 0.3) is 0 Å². The summed E-state index contributed by atoms with van der Waals surface area (Å²) in [5.74, 6) is 0.970. The van der Waals surface area contributed by atoms with Crippen LogP contribution in [-0.4, -0.2) is 26.0 Å². The number of anilines is 1. The zero-order chi connectivity index (χ0) is 15.5. The Balaban J connectivity index is 3.63. The number of hydrogen-bond donors (Lipinski definition) is 0. The summed E-state index contributed by atoms with van der Waals surface area (Å²) in [7, 11) is 1.70. The first kappa shape index (κ1) is 16.5. The molecule has 0 radical (unpaired) electrons. The lowest BCUT2D eigenvalue weighted by atomic mass is 9.84. The molecule has 0 amide bonds. The van der Waals surface area contributed by atoms with Gasteiger partial charge in [-0.15, -0.1) is 0 Å². The maximum absolute atomic E-state index is 11.8. The van der Waals surface area contributed by atoms with Crippen LogP contribution in [0.4, 0.5) is 5.69 Å². The Morgan fingerprint density at radius 3 is 2.10 bits per heavy atom. The zero-order valence-corrected chi connectivity index (χ0v) is 13.8. The molecule has 0 aliphatic heterocycles. The first-order valence-corrected chi connectivity index (χ1v) is 7.24. The molecule has 3 nitrogen and oxygen atoms in total. The number of ketones is 1. The Hall–Kier alpha value is -1.51. The van der Waals surface area contributed by atoms with E-state index in [1.165, 1.54) is 0 Å². The number of hydrogen-bond acceptors (Lipinski definition) is 3. The Kier molecular flexibility index (Phi) is 5.21. The summed E-state index contributed by atoms with van der Waals surface area (Å²) in [6, 6.07) is 3.91. The molecule has 3 heteroatoms. The van der Waals surface area contributed by atoms with Crippen molar-refractivity contribution in [3.63, 3.8) is 0 Å². The fourth-order valence-electron chi connectivity index (χ4n) is 2.39. The summed E-state index contributed by atoms with van der Waals surface area (Å²) in [6.07, 6.45) is 0. The number of nitrogens with zero attached hydrogens (tertiary/aromatic N) is 1. The SMILES string of the molecule is CCN(CC)c1cc(C(C)=O)cc(C(C)(C)C)c1OC. The van der Waals surface area contributed by atoms with Gasteiger partial charge in [0, 0.05) is 24.2 Å². The second-order valence-electron chi connectivity index (χ2n) is 6.05. The minimum absolute atomic E-state index is 0.0707. The number of Topliss-reactive ketones (excluding diaryl/α,β-unsaturated/α-hetero) is 1. The van der Waals surface area contributed by atoms with Gasteiger partial charge in [0.15, 0.2) is 5.78 Å². The molecule has 0 saturated heterocycles. The van der Waals surface area contributed by atoms with Gasteiger partial charge in [-0.25, -0.2) is 0 Å². The minimum atomic E-state index is -0.0707. The van der Waals surface area contributed by atoms with Crippen LogP contribution in [0.1, 0.15) is 57.5 Å². The van der Waals surface area contributed by atoms with Crippen molar-refractivity contribution in [2.45, 2.75) is 47.0 Å². The third-order valence-electron chi connectivity index (χ3n) is 3.59. The van der Waals surface area contributed by atoms with Gasteiger partial charge >= 0.3 is 0 Å². The van der Waals surface area contributed by atoms with Gasteiger partial charge in [0.1, 0.15) is 5.75 Å². The van der Waals surface area contributed by atoms with Gasteiger partial charge in [-0.3, -0.25) is 4.79 Å². The molecule has 1 aromatic carbocycles. The molecule has 112 valence electrons. The first-order valence-electron chi connectivity index (χ1n) is 7.24. The van der Waals surface area contributed by atoms with E-state index in [1.54, 1.807) is 14.0 Å². The number of rotatable bonds is 5. The van der Waals surface area contributed by atoms with Crippen LogP contribution in [0.2, 0.25) is 0 Å². The van der Waals surface area contributed by atoms with Crippen molar-refractivity contribution in [2.75, 3.05) is 25.1 Å². The highest BCUT2D eigenvalue weighted by Gasteiger charge is 2.24. The van der Waals surface area contributed by atoms with Crippen molar-refractivity contribution in [1.82, 2.24) is 0 Å². The van der Waals surface area contributed by atoms with Crippen LogP contribution in [-0.2, 0) is 5.41 Å². The molecular formula is C17H27NO2. The zero-order valence-electron chi connectivity index (χ0n) is 13.8. The molecule has 0 unspecified atom stereocenters. The molecule has 1 rings (SSSR count). The van der Waals surface area contributed by atoms with Crippen LogP contribution in [0.15, 0.2) is 12.1 Å². The Morgan fingerprint density at radius 1 is 1.20 bits per heavy atom. The summed E-state index contributed by atoms with van der Waals surface area (Å²) >= 11 is 0. The molecular weight excluding hydrogens is 250 g/mol. The number of carbonyl (C=O) groups excluding carboxylic acids is 1. The van der Waals surface area contributed by atoms with Crippen LogP contribution in [0.25, 0.3) is 0 Å². The molecule has 1 aromatic rings. The van der Waals surface area contributed by atoms with Crippen molar-refractivity contribution >= 4 is 11.5 Å². The summed E-state index contributed by atoms with van der Waals surface area (Å²) in [6.45, 7) is 14.0. The average Bonchev–Trinajstić information content (AvgIpc) is 2.38. The number of carbonyl (C=O) groups is 1. The van der Waals surface area contributed by atoms with Crippen molar-refractivity contribution in [2.24, 2.45) is 0 Å². The van der Waals surface area contributed by atoms with E-state index in [4.69, 9.17) is 4.74 Å². The molecule has 0 fully saturated rings. The maximum Gasteiger partial charge on any atom is 0.159 e. The largest absolute Gasteiger partial charge is 0.494 e. The second-order valence-corrected chi connectivity index (χ2v) is 6.05. The monoisotopic (exact) mass is 277 g/mol. The lowest BCUT2D eigenvalue weighted by molar-refractivity contribution is 0.101. The van der Waals surface area contributed by atoms with Gasteiger partial charge in [-0.1, -0.05) is 20.8 Å². The highest BCUT2D eigenvalue weighted by molar-refractivity contribution is 5.96. The van der Waals surface area contributed by atoms with Crippen molar-refractivity contribution < 1.29 is 9.53 Å². The van der Waals surface area contributed by atoms with E-state index in [0.717, 1.165) is 35.7 Å². The van der Waals surface area contributed by atoms with E-state index in [1.807, 2.05) is 12.1 Å². The summed E-state index contributed by atoms with van der Waals surface area (Å²) in [5.41, 5.74) is 2.76. The van der Waals surface area contributed by atoms with E-state index in [9.17, 15) is 4.79 Å².